The molecule has 2 heteroatoms. The molecule has 0 aliphatic heterocycles. The molecule has 34 heavy (non-hydrogen) atoms. The number of benzene rings is 1. The van der Waals surface area contributed by atoms with Crippen molar-refractivity contribution in [2.75, 3.05) is 6.61 Å². The zero-order chi connectivity index (χ0) is 25.0. The van der Waals surface area contributed by atoms with E-state index in [1.165, 1.54) is 128 Å². The van der Waals surface area contributed by atoms with E-state index in [0.717, 1.165) is 6.42 Å². The van der Waals surface area contributed by atoms with Crippen molar-refractivity contribution in [3.05, 3.63) is 35.9 Å². The Balaban J connectivity index is 0.00000131. The van der Waals surface area contributed by atoms with E-state index in [9.17, 15) is 4.79 Å². The van der Waals surface area contributed by atoms with Crippen molar-refractivity contribution in [2.45, 2.75) is 156 Å². The van der Waals surface area contributed by atoms with Crippen molar-refractivity contribution in [3.63, 3.8) is 0 Å². The van der Waals surface area contributed by atoms with Crippen molar-refractivity contribution in [3.8, 4) is 0 Å². The maximum absolute atomic E-state index is 11.0. The molecular weight excluding hydrogens is 416 g/mol. The Morgan fingerprint density at radius 3 is 1.21 bits per heavy atom. The zero-order valence-corrected chi connectivity index (χ0v) is 23.3. The predicted octanol–water partition coefficient (Wildman–Crippen LogP) is 10.8. The molecule has 0 radical (unpaired) electrons. The average Bonchev–Trinajstić information content (AvgIpc) is 2.85. The van der Waals surface area contributed by atoms with Gasteiger partial charge in [-0.2, -0.15) is 0 Å². The second-order valence-corrected chi connectivity index (χ2v) is 9.95. The zero-order valence-electron chi connectivity index (χ0n) is 23.3. The van der Waals surface area contributed by atoms with Gasteiger partial charge in [-0.25, -0.2) is 0 Å². The van der Waals surface area contributed by atoms with Gasteiger partial charge < -0.3 is 4.74 Å². The molecule has 0 heterocycles. The van der Waals surface area contributed by atoms with Crippen LogP contribution in [0.25, 0.3) is 0 Å². The molecule has 0 aromatic heterocycles. The van der Waals surface area contributed by atoms with Crippen LogP contribution in [0.1, 0.15) is 154 Å². The fraction of sp³-hybridized carbons (Fsp3) is 0.781. The molecule has 0 N–H and O–H groups in total. The van der Waals surface area contributed by atoms with Crippen LogP contribution in [0, 0.1) is 6.92 Å². The summed E-state index contributed by atoms with van der Waals surface area (Å²) < 4.78 is 5.09. The number of carbonyl (C=O) groups is 1. The first-order valence-electron chi connectivity index (χ1n) is 14.9. The minimum atomic E-state index is -0.0622. The molecule has 1 aromatic rings. The number of esters is 1. The van der Waals surface area contributed by atoms with Gasteiger partial charge in [-0.3, -0.25) is 4.79 Å². The first-order chi connectivity index (χ1) is 16.7. The van der Waals surface area contributed by atoms with Gasteiger partial charge in [-0.1, -0.05) is 172 Å². The Kier molecular flexibility index (Phi) is 26.9. The van der Waals surface area contributed by atoms with Crippen molar-refractivity contribution >= 4 is 5.97 Å². The topological polar surface area (TPSA) is 26.3 Å². The summed E-state index contributed by atoms with van der Waals surface area (Å²) in [6.07, 6.45) is 28.4. The standard InChI is InChI=1S/C25H50O2.C7H8/c1-3-5-6-7-8-9-10-11-12-13-14-15-16-17-18-19-20-21-22-23-24-27-25(26)4-2;1-7-5-3-2-4-6-7/h3-24H2,1-2H3;2-6H,1H3. The Hall–Kier alpha value is -1.31. The largest absolute Gasteiger partial charge is 0.466 e. The van der Waals surface area contributed by atoms with Crippen LogP contribution in [-0.2, 0) is 9.53 Å². The van der Waals surface area contributed by atoms with Crippen molar-refractivity contribution in [2.24, 2.45) is 0 Å². The Labute approximate surface area is 213 Å². The molecule has 0 saturated carbocycles. The van der Waals surface area contributed by atoms with Gasteiger partial charge in [-0.05, 0) is 13.3 Å². The molecule has 0 saturated heterocycles. The van der Waals surface area contributed by atoms with Crippen LogP contribution in [0.2, 0.25) is 0 Å². The van der Waals surface area contributed by atoms with E-state index >= 15 is 0 Å². The number of hydrogen-bond acceptors (Lipinski definition) is 2. The normalized spacial score (nSPS) is 10.6. The van der Waals surface area contributed by atoms with Gasteiger partial charge in [0, 0.05) is 6.42 Å². The molecule has 0 aliphatic carbocycles. The lowest BCUT2D eigenvalue weighted by Gasteiger charge is -2.04. The summed E-state index contributed by atoms with van der Waals surface area (Å²) >= 11 is 0. The third-order valence-electron chi connectivity index (χ3n) is 6.49. The maximum atomic E-state index is 11.0. The van der Waals surface area contributed by atoms with Crippen molar-refractivity contribution < 1.29 is 9.53 Å². The summed E-state index contributed by atoms with van der Waals surface area (Å²) in [5.41, 5.74) is 1.32. The summed E-state index contributed by atoms with van der Waals surface area (Å²) in [4.78, 5) is 11.0. The highest BCUT2D eigenvalue weighted by Gasteiger charge is 1.98. The van der Waals surface area contributed by atoms with Crippen molar-refractivity contribution in [1.29, 1.82) is 0 Å². The number of aryl methyl sites for hydroxylation is 1. The number of unbranched alkanes of at least 4 members (excludes halogenated alkanes) is 19. The van der Waals surface area contributed by atoms with Crippen LogP contribution >= 0.6 is 0 Å². The molecule has 0 unspecified atom stereocenters. The highest BCUT2D eigenvalue weighted by Crippen LogP contribution is 2.14. The molecule has 1 aromatic carbocycles. The lowest BCUT2D eigenvalue weighted by Crippen LogP contribution is -2.03. The van der Waals surface area contributed by atoms with Crippen LogP contribution in [0.3, 0.4) is 0 Å². The van der Waals surface area contributed by atoms with E-state index < -0.39 is 0 Å². The van der Waals surface area contributed by atoms with E-state index in [-0.39, 0.29) is 5.97 Å². The summed E-state index contributed by atoms with van der Waals surface area (Å²) in [5, 5.41) is 0. The molecule has 0 amide bonds. The predicted molar refractivity (Wildman–Crippen MR) is 150 cm³/mol. The number of rotatable bonds is 22. The summed E-state index contributed by atoms with van der Waals surface area (Å²) in [7, 11) is 0. The van der Waals surface area contributed by atoms with E-state index in [1.807, 2.05) is 25.1 Å². The average molecular weight is 475 g/mol. The lowest BCUT2D eigenvalue weighted by atomic mass is 10.0. The third-order valence-corrected chi connectivity index (χ3v) is 6.49. The highest BCUT2D eigenvalue weighted by atomic mass is 16.5. The summed E-state index contributed by atoms with van der Waals surface area (Å²) in [6, 6.07) is 10.3. The van der Waals surface area contributed by atoms with E-state index in [0.29, 0.717) is 13.0 Å². The molecule has 0 spiro atoms. The molecule has 0 atom stereocenters. The van der Waals surface area contributed by atoms with Gasteiger partial charge >= 0.3 is 5.97 Å². The van der Waals surface area contributed by atoms with Gasteiger partial charge in [0.05, 0.1) is 6.61 Å². The maximum Gasteiger partial charge on any atom is 0.305 e. The van der Waals surface area contributed by atoms with Crippen LogP contribution in [0.5, 0.6) is 0 Å². The van der Waals surface area contributed by atoms with Crippen LogP contribution in [0.15, 0.2) is 30.3 Å². The van der Waals surface area contributed by atoms with E-state index in [1.54, 1.807) is 0 Å². The molecule has 0 aliphatic rings. The SMILES string of the molecule is CCCCCCCCCCCCCCCCCCCCCCOC(=O)CC.Cc1ccccc1. The summed E-state index contributed by atoms with van der Waals surface area (Å²) in [6.45, 7) is 6.84. The number of ether oxygens (including phenoxy) is 1. The molecule has 198 valence electrons. The van der Waals surface area contributed by atoms with Gasteiger partial charge in [-0.15, -0.1) is 0 Å². The van der Waals surface area contributed by atoms with E-state index in [2.05, 4.69) is 26.0 Å². The van der Waals surface area contributed by atoms with Gasteiger partial charge in [0.1, 0.15) is 0 Å². The monoisotopic (exact) mass is 474 g/mol. The van der Waals surface area contributed by atoms with Crippen LogP contribution < -0.4 is 0 Å². The van der Waals surface area contributed by atoms with Gasteiger partial charge in [0.15, 0.2) is 0 Å². The number of hydrogen-bond donors (Lipinski definition) is 0. The molecule has 0 bridgehead atoms. The fourth-order valence-electron chi connectivity index (χ4n) is 4.18. The first-order valence-corrected chi connectivity index (χ1v) is 14.9. The Morgan fingerprint density at radius 1 is 0.559 bits per heavy atom. The first kappa shape index (κ1) is 32.7. The quantitative estimate of drug-likeness (QED) is 0.123. The number of carbonyl (C=O) groups excluding carboxylic acids is 1. The van der Waals surface area contributed by atoms with Crippen LogP contribution in [-0.4, -0.2) is 12.6 Å². The Bertz CT molecular complexity index is 511. The second-order valence-electron chi connectivity index (χ2n) is 9.95. The molecule has 1 rings (SSSR count). The molecule has 2 nitrogen and oxygen atoms in total. The second kappa shape index (κ2) is 27.9. The third kappa shape index (κ3) is 26.9. The van der Waals surface area contributed by atoms with Gasteiger partial charge in [0.25, 0.3) is 0 Å². The minimum absolute atomic E-state index is 0.0622. The highest BCUT2D eigenvalue weighted by molar-refractivity contribution is 5.68. The summed E-state index contributed by atoms with van der Waals surface area (Å²) in [5.74, 6) is -0.0622. The molecule has 0 fully saturated rings. The lowest BCUT2D eigenvalue weighted by molar-refractivity contribution is -0.143. The van der Waals surface area contributed by atoms with Crippen molar-refractivity contribution in [1.82, 2.24) is 0 Å². The van der Waals surface area contributed by atoms with Gasteiger partial charge in [0.2, 0.25) is 0 Å². The Morgan fingerprint density at radius 2 is 0.912 bits per heavy atom. The van der Waals surface area contributed by atoms with Crippen LogP contribution in [0.4, 0.5) is 0 Å². The van der Waals surface area contributed by atoms with E-state index in [4.69, 9.17) is 4.74 Å². The smallest absolute Gasteiger partial charge is 0.305 e. The fourth-order valence-corrected chi connectivity index (χ4v) is 4.18. The minimum Gasteiger partial charge on any atom is -0.466 e. The molecular formula is C32H58O2.